The third kappa shape index (κ3) is 8.59. The number of benzene rings is 4. The van der Waals surface area contributed by atoms with Crippen molar-refractivity contribution in [2.24, 2.45) is 0 Å². The lowest BCUT2D eigenvalue weighted by atomic mass is 10.0. The van der Waals surface area contributed by atoms with E-state index in [-0.39, 0.29) is 29.8 Å². The smallest absolute Gasteiger partial charge is 0.264 e. The van der Waals surface area contributed by atoms with Crippen molar-refractivity contribution in [1.82, 2.24) is 10.2 Å². The van der Waals surface area contributed by atoms with Gasteiger partial charge in [0.25, 0.3) is 10.0 Å². The second kappa shape index (κ2) is 16.0. The highest BCUT2D eigenvalue weighted by Crippen LogP contribution is 2.30. The molecule has 1 fully saturated rings. The van der Waals surface area contributed by atoms with Crippen molar-refractivity contribution in [1.29, 1.82) is 0 Å². The molecule has 4 aromatic carbocycles. The highest BCUT2D eigenvalue weighted by molar-refractivity contribution is 7.92. The molecule has 1 atom stereocenters. The summed E-state index contributed by atoms with van der Waals surface area (Å²) in [4.78, 5) is 30.5. The van der Waals surface area contributed by atoms with Crippen LogP contribution in [0.5, 0.6) is 0 Å². The van der Waals surface area contributed by atoms with Crippen LogP contribution in [0.25, 0.3) is 0 Å². The minimum atomic E-state index is -4.20. The van der Waals surface area contributed by atoms with Crippen molar-refractivity contribution in [3.63, 3.8) is 0 Å². The molecule has 10 heteroatoms. The van der Waals surface area contributed by atoms with Gasteiger partial charge in [-0.1, -0.05) is 115 Å². The molecule has 0 aromatic heterocycles. The topological polar surface area (TPSA) is 86.8 Å². The average Bonchev–Trinajstić information content (AvgIpc) is 3.59. The Morgan fingerprint density at radius 2 is 1.54 bits per heavy atom. The van der Waals surface area contributed by atoms with Crippen LogP contribution < -0.4 is 9.62 Å². The maximum Gasteiger partial charge on any atom is 0.264 e. The van der Waals surface area contributed by atoms with Crippen LogP contribution in [-0.2, 0) is 39.0 Å². The van der Waals surface area contributed by atoms with E-state index in [4.69, 9.17) is 23.2 Å². The largest absolute Gasteiger partial charge is 0.352 e. The lowest BCUT2D eigenvalue weighted by Crippen LogP contribution is -2.54. The molecule has 0 radical (unpaired) electrons. The summed E-state index contributed by atoms with van der Waals surface area (Å²) in [6.45, 7) is 3.27. The summed E-state index contributed by atoms with van der Waals surface area (Å²) in [5.74, 6) is -0.823. The summed E-state index contributed by atoms with van der Waals surface area (Å²) in [5, 5.41) is 3.97. The van der Waals surface area contributed by atoms with Gasteiger partial charge in [-0.15, -0.1) is 0 Å². The molecule has 1 aliphatic rings. The Hall–Kier alpha value is -3.85. The zero-order valence-electron chi connectivity index (χ0n) is 27.2. The first-order valence-corrected chi connectivity index (χ1v) is 18.5. The quantitative estimate of drug-likeness (QED) is 0.154. The normalized spacial score (nSPS) is 14.0. The molecule has 0 saturated heterocycles. The van der Waals surface area contributed by atoms with Crippen molar-refractivity contribution in [2.45, 2.75) is 75.9 Å². The lowest BCUT2D eigenvalue weighted by molar-refractivity contribution is -0.140. The van der Waals surface area contributed by atoms with E-state index < -0.39 is 28.5 Å². The molecular formula is C38H41Cl2N3O4S. The third-order valence-corrected chi connectivity index (χ3v) is 11.2. The van der Waals surface area contributed by atoms with E-state index in [1.165, 1.54) is 9.21 Å². The number of halogens is 2. The number of hydrogen-bond acceptors (Lipinski definition) is 4. The first-order valence-electron chi connectivity index (χ1n) is 16.3. The van der Waals surface area contributed by atoms with Crippen LogP contribution in [0, 0.1) is 6.92 Å². The van der Waals surface area contributed by atoms with Gasteiger partial charge in [0.05, 0.1) is 10.6 Å². The minimum absolute atomic E-state index is 0.0155. The number of nitrogens with one attached hydrogen (secondary N) is 1. The Labute approximate surface area is 293 Å². The predicted octanol–water partition coefficient (Wildman–Crippen LogP) is 7.76. The van der Waals surface area contributed by atoms with Gasteiger partial charge in [-0.05, 0) is 73.2 Å². The lowest BCUT2D eigenvalue weighted by Gasteiger charge is -2.35. The molecule has 0 aliphatic heterocycles. The standard InChI is InChI=1S/C38H41Cl2N3O4S/c1-3-29-13-7-10-16-35(29)43(48(46,47)33-21-17-27(2)18-22-33)26-37(44)42(25-30-19-20-31(39)24-34(30)40)36(23-28-11-5-4-6-12-28)38(45)41-32-14-8-9-15-32/h4-7,10-13,16-22,24,32,36H,3,8-9,14-15,23,25-26H2,1-2H3,(H,41,45)/t36-/m1/s1. The molecule has 1 saturated carbocycles. The summed E-state index contributed by atoms with van der Waals surface area (Å²) in [6, 6.07) is 27.3. The molecule has 0 spiro atoms. The highest BCUT2D eigenvalue weighted by Gasteiger charge is 2.36. The van der Waals surface area contributed by atoms with Gasteiger partial charge in [-0.25, -0.2) is 8.42 Å². The Morgan fingerprint density at radius 3 is 2.21 bits per heavy atom. The van der Waals surface area contributed by atoms with Crippen molar-refractivity contribution in [3.8, 4) is 0 Å². The SMILES string of the molecule is CCc1ccccc1N(CC(=O)N(Cc1ccc(Cl)cc1Cl)[C@H](Cc1ccccc1)C(=O)NC1CCCC1)S(=O)(=O)c1ccc(C)cc1. The number of sulfonamides is 1. The summed E-state index contributed by atoms with van der Waals surface area (Å²) in [6.07, 6.45) is 4.58. The third-order valence-electron chi connectivity index (χ3n) is 8.86. The van der Waals surface area contributed by atoms with E-state index >= 15 is 0 Å². The van der Waals surface area contributed by atoms with E-state index in [2.05, 4.69) is 5.32 Å². The second-order valence-electron chi connectivity index (χ2n) is 12.3. The van der Waals surface area contributed by atoms with Crippen molar-refractivity contribution >= 4 is 50.7 Å². The maximum atomic E-state index is 14.8. The predicted molar refractivity (Wildman–Crippen MR) is 193 cm³/mol. The Bertz CT molecular complexity index is 1830. The van der Waals surface area contributed by atoms with Gasteiger partial charge in [0.15, 0.2) is 0 Å². The Kier molecular flexibility index (Phi) is 11.8. The Balaban J connectivity index is 1.60. The Morgan fingerprint density at radius 1 is 0.875 bits per heavy atom. The summed E-state index contributed by atoms with van der Waals surface area (Å²) >= 11 is 12.8. The van der Waals surface area contributed by atoms with Gasteiger partial charge in [-0.2, -0.15) is 0 Å². The van der Waals surface area contributed by atoms with Crippen LogP contribution in [0.3, 0.4) is 0 Å². The first kappa shape index (κ1) is 35.5. The molecule has 7 nitrogen and oxygen atoms in total. The van der Waals surface area contributed by atoms with Crippen molar-refractivity contribution in [3.05, 3.63) is 129 Å². The van der Waals surface area contributed by atoms with Gasteiger partial charge in [0.1, 0.15) is 12.6 Å². The number of carbonyl (C=O) groups is 2. The molecule has 0 unspecified atom stereocenters. The fourth-order valence-electron chi connectivity index (χ4n) is 6.16. The van der Waals surface area contributed by atoms with E-state index in [1.807, 2.05) is 56.3 Å². The first-order chi connectivity index (χ1) is 23.1. The molecule has 4 aromatic rings. The van der Waals surface area contributed by atoms with Crippen LogP contribution >= 0.6 is 23.2 Å². The van der Waals surface area contributed by atoms with E-state index in [0.717, 1.165) is 42.4 Å². The van der Waals surface area contributed by atoms with Gasteiger partial charge < -0.3 is 10.2 Å². The number of carbonyl (C=O) groups excluding carboxylic acids is 2. The molecule has 0 heterocycles. The average molecular weight is 707 g/mol. The van der Waals surface area contributed by atoms with E-state index in [0.29, 0.717) is 27.7 Å². The van der Waals surface area contributed by atoms with Crippen molar-refractivity contribution < 1.29 is 18.0 Å². The van der Waals surface area contributed by atoms with Gasteiger partial charge in [-0.3, -0.25) is 13.9 Å². The number of amides is 2. The summed E-state index contributed by atoms with van der Waals surface area (Å²) in [5.41, 5.74) is 3.54. The van der Waals surface area contributed by atoms with Gasteiger partial charge >= 0.3 is 0 Å². The van der Waals surface area contributed by atoms with Gasteiger partial charge in [0, 0.05) is 29.1 Å². The number of aryl methyl sites for hydroxylation is 2. The van der Waals surface area contributed by atoms with Crippen LogP contribution in [0.4, 0.5) is 5.69 Å². The molecule has 0 bridgehead atoms. The van der Waals surface area contributed by atoms with E-state index in [1.54, 1.807) is 54.6 Å². The summed E-state index contributed by atoms with van der Waals surface area (Å²) < 4.78 is 29.9. The molecule has 1 N–H and O–H groups in total. The number of rotatable bonds is 13. The molecular weight excluding hydrogens is 665 g/mol. The van der Waals surface area contributed by atoms with E-state index in [9.17, 15) is 18.0 Å². The van der Waals surface area contributed by atoms with Crippen LogP contribution in [0.1, 0.15) is 54.9 Å². The molecule has 48 heavy (non-hydrogen) atoms. The fraction of sp³-hybridized carbons (Fsp3) is 0.316. The fourth-order valence-corrected chi connectivity index (χ4v) is 8.08. The molecule has 5 rings (SSSR count). The second-order valence-corrected chi connectivity index (χ2v) is 15.0. The minimum Gasteiger partial charge on any atom is -0.352 e. The van der Waals surface area contributed by atoms with Gasteiger partial charge in [0.2, 0.25) is 11.8 Å². The van der Waals surface area contributed by atoms with Crippen molar-refractivity contribution in [2.75, 3.05) is 10.8 Å². The monoisotopic (exact) mass is 705 g/mol. The number of nitrogens with zero attached hydrogens (tertiary/aromatic N) is 2. The zero-order valence-corrected chi connectivity index (χ0v) is 29.6. The molecule has 2 amide bonds. The molecule has 252 valence electrons. The number of anilines is 1. The zero-order chi connectivity index (χ0) is 34.3. The van der Waals surface area contributed by atoms with Crippen LogP contribution in [0.2, 0.25) is 10.0 Å². The van der Waals surface area contributed by atoms with Crippen LogP contribution in [0.15, 0.2) is 102 Å². The number of para-hydroxylation sites is 1. The molecule has 1 aliphatic carbocycles. The highest BCUT2D eigenvalue weighted by atomic mass is 35.5. The maximum absolute atomic E-state index is 14.8. The van der Waals surface area contributed by atoms with Crippen LogP contribution in [-0.4, -0.2) is 43.8 Å². The summed E-state index contributed by atoms with van der Waals surface area (Å²) in [7, 11) is -4.20. The number of hydrogen-bond donors (Lipinski definition) is 1.